The monoisotopic (exact) mass is 216 g/mol. The number of aromatic hydroxyl groups is 2. The molecule has 1 rings (SSSR count). The van der Waals surface area contributed by atoms with Crippen molar-refractivity contribution in [3.8, 4) is 11.8 Å². The fourth-order valence-corrected chi connectivity index (χ4v) is 1.47. The van der Waals surface area contributed by atoms with Gasteiger partial charge in [0.1, 0.15) is 0 Å². The molecule has 0 aliphatic heterocycles. The third-order valence-corrected chi connectivity index (χ3v) is 2.07. The predicted molar refractivity (Wildman–Crippen MR) is 48.3 cm³/mol. The van der Waals surface area contributed by atoms with Gasteiger partial charge in [0, 0.05) is 5.75 Å². The molecule has 0 aliphatic carbocycles. The lowest BCUT2D eigenvalue weighted by Gasteiger charge is -1.99. The lowest BCUT2D eigenvalue weighted by atomic mass is 10.5. The van der Waals surface area contributed by atoms with Crippen LogP contribution in [0.25, 0.3) is 0 Å². The van der Waals surface area contributed by atoms with Gasteiger partial charge in [-0.15, -0.1) is 0 Å². The van der Waals surface area contributed by atoms with E-state index in [4.69, 9.17) is 15.3 Å². The Morgan fingerprint density at radius 1 is 1.36 bits per heavy atom. The van der Waals surface area contributed by atoms with Crippen LogP contribution in [0.3, 0.4) is 0 Å². The number of carboxylic acids is 1. The molecule has 76 valence electrons. The summed E-state index contributed by atoms with van der Waals surface area (Å²) >= 11 is 1.05. The minimum atomic E-state index is -0.915. The van der Waals surface area contributed by atoms with E-state index in [9.17, 15) is 4.79 Å². The van der Waals surface area contributed by atoms with Crippen LogP contribution in [0.5, 0.6) is 11.8 Å². The van der Waals surface area contributed by atoms with Crippen molar-refractivity contribution < 1.29 is 20.1 Å². The smallest absolute Gasteiger partial charge is 0.304 e. The zero-order valence-corrected chi connectivity index (χ0v) is 7.86. The second-order valence-electron chi connectivity index (χ2n) is 2.36. The molecule has 1 aromatic rings. The third-order valence-electron chi connectivity index (χ3n) is 1.23. The number of thioether (sulfide) groups is 1. The Labute approximate surface area is 83.6 Å². The summed E-state index contributed by atoms with van der Waals surface area (Å²) < 4.78 is 0. The Morgan fingerprint density at radius 2 is 1.93 bits per heavy atom. The van der Waals surface area contributed by atoms with Gasteiger partial charge in [-0.3, -0.25) is 4.79 Å². The Bertz CT molecular complexity index is 324. The maximum atomic E-state index is 10.2. The van der Waals surface area contributed by atoms with Crippen molar-refractivity contribution in [2.45, 2.75) is 11.6 Å². The SMILES string of the molecule is O=C(O)CCSc1nc(O)cc(O)n1. The average molecular weight is 216 g/mol. The average Bonchev–Trinajstić information content (AvgIpc) is 2.01. The molecule has 7 heteroatoms. The largest absolute Gasteiger partial charge is 0.493 e. The number of aromatic nitrogens is 2. The molecule has 0 fully saturated rings. The molecule has 0 amide bonds. The Balaban J connectivity index is 2.54. The van der Waals surface area contributed by atoms with E-state index in [1.165, 1.54) is 0 Å². The van der Waals surface area contributed by atoms with E-state index in [1.807, 2.05) is 0 Å². The van der Waals surface area contributed by atoms with Crippen molar-refractivity contribution in [1.29, 1.82) is 0 Å². The van der Waals surface area contributed by atoms with Crippen molar-refractivity contribution in [2.75, 3.05) is 5.75 Å². The first-order valence-corrected chi connectivity index (χ1v) is 4.68. The third kappa shape index (κ3) is 3.48. The van der Waals surface area contributed by atoms with Crippen LogP contribution in [0.4, 0.5) is 0 Å². The molecule has 6 nitrogen and oxygen atoms in total. The normalized spacial score (nSPS) is 10.0. The highest BCUT2D eigenvalue weighted by atomic mass is 32.2. The summed E-state index contributed by atoms with van der Waals surface area (Å²) in [5.41, 5.74) is 0. The zero-order valence-electron chi connectivity index (χ0n) is 7.04. The Hall–Kier alpha value is -1.50. The molecule has 14 heavy (non-hydrogen) atoms. The molecular formula is C7H8N2O4S. The van der Waals surface area contributed by atoms with Gasteiger partial charge >= 0.3 is 5.97 Å². The molecule has 1 heterocycles. The van der Waals surface area contributed by atoms with Crippen molar-refractivity contribution >= 4 is 17.7 Å². The molecule has 0 bridgehead atoms. The van der Waals surface area contributed by atoms with Crippen LogP contribution in [-0.2, 0) is 4.79 Å². The van der Waals surface area contributed by atoms with Gasteiger partial charge in [0.15, 0.2) is 5.16 Å². The summed E-state index contributed by atoms with van der Waals surface area (Å²) in [6.07, 6.45) is -0.0234. The summed E-state index contributed by atoms with van der Waals surface area (Å²) in [6, 6.07) is 1.00. The van der Waals surface area contributed by atoms with Crippen LogP contribution < -0.4 is 0 Å². The van der Waals surface area contributed by atoms with Crippen LogP contribution in [0, 0.1) is 0 Å². The Kier molecular flexibility index (Phi) is 3.52. The highest BCUT2D eigenvalue weighted by molar-refractivity contribution is 7.99. The summed E-state index contributed by atoms with van der Waals surface area (Å²) in [5, 5.41) is 26.4. The highest BCUT2D eigenvalue weighted by Gasteiger charge is 2.04. The summed E-state index contributed by atoms with van der Waals surface area (Å²) in [7, 11) is 0. The minimum Gasteiger partial charge on any atom is -0.493 e. The lowest BCUT2D eigenvalue weighted by molar-refractivity contribution is -0.136. The van der Waals surface area contributed by atoms with Crippen molar-refractivity contribution in [2.24, 2.45) is 0 Å². The second-order valence-corrected chi connectivity index (χ2v) is 3.42. The predicted octanol–water partition coefficient (Wildman–Crippen LogP) is 0.455. The van der Waals surface area contributed by atoms with E-state index in [0.717, 1.165) is 17.8 Å². The fourth-order valence-electron chi connectivity index (χ4n) is 0.695. The first-order valence-electron chi connectivity index (χ1n) is 3.69. The molecule has 0 saturated carbocycles. The first-order chi connectivity index (χ1) is 6.58. The van der Waals surface area contributed by atoms with Crippen molar-refractivity contribution in [1.82, 2.24) is 9.97 Å². The van der Waals surface area contributed by atoms with Gasteiger partial charge in [-0.05, 0) is 0 Å². The van der Waals surface area contributed by atoms with E-state index in [2.05, 4.69) is 9.97 Å². The number of nitrogens with zero attached hydrogens (tertiary/aromatic N) is 2. The van der Waals surface area contributed by atoms with Crippen LogP contribution in [-0.4, -0.2) is 37.0 Å². The molecule has 0 aliphatic rings. The first kappa shape index (κ1) is 10.6. The van der Waals surface area contributed by atoms with Crippen LogP contribution in [0.15, 0.2) is 11.2 Å². The van der Waals surface area contributed by atoms with E-state index in [0.29, 0.717) is 0 Å². The maximum Gasteiger partial charge on any atom is 0.304 e. The quantitative estimate of drug-likeness (QED) is 0.496. The Morgan fingerprint density at radius 3 is 2.43 bits per heavy atom. The molecule has 0 aromatic carbocycles. The number of carbonyl (C=O) groups is 1. The number of rotatable bonds is 4. The van der Waals surface area contributed by atoms with Gasteiger partial charge in [-0.2, -0.15) is 9.97 Å². The van der Waals surface area contributed by atoms with Gasteiger partial charge < -0.3 is 15.3 Å². The molecular weight excluding hydrogens is 208 g/mol. The van der Waals surface area contributed by atoms with Gasteiger partial charge in [0.2, 0.25) is 11.8 Å². The molecule has 0 saturated heterocycles. The minimum absolute atomic E-state index is 0.0234. The standard InChI is InChI=1S/C7H8N2O4S/c10-4-3-5(11)9-7(8-4)14-2-1-6(12)13/h3H,1-2H2,(H,12,13)(H2,8,9,10,11). The van der Waals surface area contributed by atoms with Gasteiger partial charge in [0.05, 0.1) is 12.5 Å². The fraction of sp³-hybridized carbons (Fsp3) is 0.286. The zero-order chi connectivity index (χ0) is 10.6. The lowest BCUT2D eigenvalue weighted by Crippen LogP contribution is -1.96. The maximum absolute atomic E-state index is 10.2. The highest BCUT2D eigenvalue weighted by Crippen LogP contribution is 2.20. The number of hydrogen-bond donors (Lipinski definition) is 3. The summed E-state index contributed by atoms with van der Waals surface area (Å²) in [6.45, 7) is 0. The topological polar surface area (TPSA) is 104 Å². The number of aliphatic carboxylic acids is 1. The number of hydrogen-bond acceptors (Lipinski definition) is 6. The van der Waals surface area contributed by atoms with Crippen LogP contribution in [0.1, 0.15) is 6.42 Å². The van der Waals surface area contributed by atoms with Crippen LogP contribution in [0.2, 0.25) is 0 Å². The molecule has 0 unspecified atom stereocenters. The van der Waals surface area contributed by atoms with Crippen LogP contribution >= 0.6 is 11.8 Å². The van der Waals surface area contributed by atoms with E-state index >= 15 is 0 Å². The summed E-state index contributed by atoms with van der Waals surface area (Å²) in [5.74, 6) is -1.30. The molecule has 3 N–H and O–H groups in total. The molecule has 1 aromatic heterocycles. The van der Waals surface area contributed by atoms with E-state index in [1.54, 1.807) is 0 Å². The van der Waals surface area contributed by atoms with E-state index < -0.39 is 5.97 Å². The van der Waals surface area contributed by atoms with Crippen molar-refractivity contribution in [3.05, 3.63) is 6.07 Å². The van der Waals surface area contributed by atoms with Gasteiger partial charge in [0.25, 0.3) is 0 Å². The summed E-state index contributed by atoms with van der Waals surface area (Å²) in [4.78, 5) is 17.3. The van der Waals surface area contributed by atoms with Gasteiger partial charge in [-0.1, -0.05) is 11.8 Å². The molecule has 0 radical (unpaired) electrons. The number of carboxylic acid groups (broad SMARTS) is 1. The molecule has 0 atom stereocenters. The van der Waals surface area contributed by atoms with Gasteiger partial charge in [-0.25, -0.2) is 0 Å². The second kappa shape index (κ2) is 4.66. The van der Waals surface area contributed by atoms with Crippen molar-refractivity contribution in [3.63, 3.8) is 0 Å². The van der Waals surface area contributed by atoms with E-state index in [-0.39, 0.29) is 29.1 Å². The molecule has 0 spiro atoms.